The molecular formula is C15H23BrN2. The molecule has 0 bridgehead atoms. The molecule has 2 rings (SSSR count). The fourth-order valence-corrected chi connectivity index (χ4v) is 3.08. The third-order valence-electron chi connectivity index (χ3n) is 3.72. The molecule has 1 saturated heterocycles. The van der Waals surface area contributed by atoms with Crippen LogP contribution in [0.3, 0.4) is 0 Å². The Hall–Kier alpha value is -0.380. The molecule has 1 aromatic rings. The average Bonchev–Trinajstić information content (AvgIpc) is 2.39. The molecule has 0 amide bonds. The van der Waals surface area contributed by atoms with Gasteiger partial charge in [0.25, 0.3) is 0 Å². The summed E-state index contributed by atoms with van der Waals surface area (Å²) in [6, 6.07) is 8.66. The lowest BCUT2D eigenvalue weighted by Gasteiger charge is -2.29. The van der Waals surface area contributed by atoms with Crippen LogP contribution in [-0.4, -0.2) is 31.1 Å². The zero-order valence-electron chi connectivity index (χ0n) is 11.2. The highest BCUT2D eigenvalue weighted by molar-refractivity contribution is 9.10. The minimum atomic E-state index is 0.873. The summed E-state index contributed by atoms with van der Waals surface area (Å²) in [5.41, 5.74) is 1.40. The Morgan fingerprint density at radius 1 is 1.33 bits per heavy atom. The zero-order valence-corrected chi connectivity index (χ0v) is 12.7. The number of hydrogen-bond donors (Lipinski definition) is 1. The van der Waals surface area contributed by atoms with Crippen LogP contribution in [-0.2, 0) is 6.54 Å². The summed E-state index contributed by atoms with van der Waals surface area (Å²) in [5, 5.41) is 3.44. The standard InChI is InChI=1S/C15H23BrN2/c1-2-18(11-13-6-8-17-9-7-13)12-14-4-3-5-15(16)10-14/h3-5,10,13,17H,2,6-9,11-12H2,1H3. The van der Waals surface area contributed by atoms with E-state index in [9.17, 15) is 0 Å². The lowest BCUT2D eigenvalue weighted by molar-refractivity contribution is 0.207. The Morgan fingerprint density at radius 2 is 2.11 bits per heavy atom. The van der Waals surface area contributed by atoms with Gasteiger partial charge in [0.15, 0.2) is 0 Å². The van der Waals surface area contributed by atoms with Crippen LogP contribution < -0.4 is 5.32 Å². The van der Waals surface area contributed by atoms with Crippen molar-refractivity contribution >= 4 is 15.9 Å². The van der Waals surface area contributed by atoms with E-state index in [1.165, 1.54) is 42.5 Å². The van der Waals surface area contributed by atoms with Gasteiger partial charge >= 0.3 is 0 Å². The second kappa shape index (κ2) is 7.27. The van der Waals surface area contributed by atoms with Crippen molar-refractivity contribution in [2.45, 2.75) is 26.3 Å². The molecule has 2 nitrogen and oxygen atoms in total. The van der Waals surface area contributed by atoms with Gasteiger partial charge in [-0.2, -0.15) is 0 Å². The maximum Gasteiger partial charge on any atom is 0.0234 e. The molecule has 1 aliphatic heterocycles. The van der Waals surface area contributed by atoms with E-state index in [0.717, 1.165) is 19.0 Å². The third kappa shape index (κ3) is 4.38. The summed E-state index contributed by atoms with van der Waals surface area (Å²) in [6.45, 7) is 8.10. The molecule has 0 spiro atoms. The smallest absolute Gasteiger partial charge is 0.0234 e. The minimum absolute atomic E-state index is 0.873. The summed E-state index contributed by atoms with van der Waals surface area (Å²) in [7, 11) is 0. The van der Waals surface area contributed by atoms with Crippen LogP contribution in [0.5, 0.6) is 0 Å². The predicted octanol–water partition coefficient (Wildman–Crippen LogP) is 3.27. The highest BCUT2D eigenvalue weighted by Crippen LogP contribution is 2.17. The molecule has 0 aromatic heterocycles. The molecule has 0 radical (unpaired) electrons. The number of hydrogen-bond acceptors (Lipinski definition) is 2. The van der Waals surface area contributed by atoms with E-state index in [-0.39, 0.29) is 0 Å². The summed E-state index contributed by atoms with van der Waals surface area (Å²) in [4.78, 5) is 2.57. The molecule has 1 N–H and O–H groups in total. The fourth-order valence-electron chi connectivity index (χ4n) is 2.63. The molecule has 1 heterocycles. The predicted molar refractivity (Wildman–Crippen MR) is 80.7 cm³/mol. The lowest BCUT2D eigenvalue weighted by Crippen LogP contribution is -2.35. The van der Waals surface area contributed by atoms with Crippen molar-refractivity contribution in [2.24, 2.45) is 5.92 Å². The quantitative estimate of drug-likeness (QED) is 0.898. The van der Waals surface area contributed by atoms with Gasteiger partial charge < -0.3 is 5.32 Å². The molecule has 0 saturated carbocycles. The van der Waals surface area contributed by atoms with E-state index < -0.39 is 0 Å². The molecule has 18 heavy (non-hydrogen) atoms. The van der Waals surface area contributed by atoms with Gasteiger partial charge in [0.2, 0.25) is 0 Å². The molecule has 0 atom stereocenters. The SMILES string of the molecule is CCN(Cc1cccc(Br)c1)CC1CCNCC1. The van der Waals surface area contributed by atoms with Gasteiger partial charge in [0.1, 0.15) is 0 Å². The van der Waals surface area contributed by atoms with Crippen LogP contribution in [0.2, 0.25) is 0 Å². The van der Waals surface area contributed by atoms with E-state index in [1.54, 1.807) is 0 Å². The van der Waals surface area contributed by atoms with Crippen LogP contribution in [0, 0.1) is 5.92 Å². The first kappa shape index (κ1) is 14.0. The van der Waals surface area contributed by atoms with Crippen molar-refractivity contribution < 1.29 is 0 Å². The van der Waals surface area contributed by atoms with Crippen LogP contribution in [0.15, 0.2) is 28.7 Å². The number of nitrogens with zero attached hydrogens (tertiary/aromatic N) is 1. The Morgan fingerprint density at radius 3 is 2.78 bits per heavy atom. The second-order valence-corrected chi connectivity index (χ2v) is 6.07. The molecule has 0 aliphatic carbocycles. The minimum Gasteiger partial charge on any atom is -0.317 e. The fraction of sp³-hybridized carbons (Fsp3) is 0.600. The van der Waals surface area contributed by atoms with Gasteiger partial charge in [-0.3, -0.25) is 4.90 Å². The molecule has 100 valence electrons. The topological polar surface area (TPSA) is 15.3 Å². The van der Waals surface area contributed by atoms with E-state index in [2.05, 4.69) is 57.3 Å². The first-order valence-corrected chi connectivity index (χ1v) is 7.74. The van der Waals surface area contributed by atoms with Crippen LogP contribution >= 0.6 is 15.9 Å². The van der Waals surface area contributed by atoms with Gasteiger partial charge in [-0.1, -0.05) is 35.0 Å². The first-order valence-electron chi connectivity index (χ1n) is 6.95. The molecule has 1 fully saturated rings. The van der Waals surface area contributed by atoms with E-state index in [4.69, 9.17) is 0 Å². The zero-order chi connectivity index (χ0) is 12.8. The van der Waals surface area contributed by atoms with Gasteiger partial charge in [-0.05, 0) is 56.1 Å². The number of benzene rings is 1. The molecular weight excluding hydrogens is 288 g/mol. The van der Waals surface area contributed by atoms with Crippen LogP contribution in [0.4, 0.5) is 0 Å². The summed E-state index contributed by atoms with van der Waals surface area (Å²) in [6.07, 6.45) is 2.66. The number of halogens is 1. The van der Waals surface area contributed by atoms with Gasteiger partial charge in [-0.15, -0.1) is 0 Å². The largest absolute Gasteiger partial charge is 0.317 e. The number of rotatable bonds is 5. The van der Waals surface area contributed by atoms with Crippen molar-refractivity contribution in [1.82, 2.24) is 10.2 Å². The van der Waals surface area contributed by atoms with E-state index in [1.807, 2.05) is 0 Å². The third-order valence-corrected chi connectivity index (χ3v) is 4.21. The Kier molecular flexibility index (Phi) is 5.67. The van der Waals surface area contributed by atoms with Crippen LogP contribution in [0.1, 0.15) is 25.3 Å². The maximum atomic E-state index is 3.55. The Balaban J connectivity index is 1.88. The molecule has 1 aromatic carbocycles. The van der Waals surface area contributed by atoms with E-state index >= 15 is 0 Å². The highest BCUT2D eigenvalue weighted by atomic mass is 79.9. The summed E-state index contributed by atoms with van der Waals surface area (Å²) >= 11 is 3.55. The second-order valence-electron chi connectivity index (χ2n) is 5.15. The average molecular weight is 311 g/mol. The number of nitrogens with one attached hydrogen (secondary N) is 1. The Labute approximate surface area is 119 Å². The normalized spacial score (nSPS) is 17.3. The van der Waals surface area contributed by atoms with Crippen molar-refractivity contribution in [3.05, 3.63) is 34.3 Å². The van der Waals surface area contributed by atoms with Crippen molar-refractivity contribution in [2.75, 3.05) is 26.2 Å². The van der Waals surface area contributed by atoms with Crippen LogP contribution in [0.25, 0.3) is 0 Å². The highest BCUT2D eigenvalue weighted by Gasteiger charge is 2.16. The lowest BCUT2D eigenvalue weighted by atomic mass is 9.97. The van der Waals surface area contributed by atoms with Gasteiger partial charge in [0, 0.05) is 17.6 Å². The summed E-state index contributed by atoms with van der Waals surface area (Å²) in [5.74, 6) is 0.873. The van der Waals surface area contributed by atoms with Crippen molar-refractivity contribution in [1.29, 1.82) is 0 Å². The first-order chi connectivity index (χ1) is 8.78. The van der Waals surface area contributed by atoms with E-state index in [0.29, 0.717) is 0 Å². The monoisotopic (exact) mass is 310 g/mol. The van der Waals surface area contributed by atoms with Crippen molar-refractivity contribution in [3.63, 3.8) is 0 Å². The molecule has 0 unspecified atom stereocenters. The van der Waals surface area contributed by atoms with Crippen molar-refractivity contribution in [3.8, 4) is 0 Å². The Bertz CT molecular complexity index is 361. The number of piperidine rings is 1. The molecule has 1 aliphatic rings. The van der Waals surface area contributed by atoms with Gasteiger partial charge in [0.05, 0.1) is 0 Å². The maximum absolute atomic E-state index is 3.55. The van der Waals surface area contributed by atoms with Gasteiger partial charge in [-0.25, -0.2) is 0 Å². The molecule has 3 heteroatoms. The summed E-state index contributed by atoms with van der Waals surface area (Å²) < 4.78 is 1.18.